The fourth-order valence-corrected chi connectivity index (χ4v) is 3.68. The van der Waals surface area contributed by atoms with Crippen LogP contribution in [-0.2, 0) is 22.4 Å². The van der Waals surface area contributed by atoms with Gasteiger partial charge in [-0.25, -0.2) is 5.01 Å². The van der Waals surface area contributed by atoms with Gasteiger partial charge in [0.15, 0.2) is 0 Å². The minimum absolute atomic E-state index is 0.163. The molecule has 1 heterocycles. The predicted molar refractivity (Wildman–Crippen MR) is 123 cm³/mol. The SMILES string of the molecule is CN(C(=O)C(N)Cc1c[nH]c2ccccc12)C(Cc1ccccc1)C(=O)N(C)N(C)C. The van der Waals surface area contributed by atoms with Crippen molar-refractivity contribution in [2.45, 2.75) is 24.9 Å². The van der Waals surface area contributed by atoms with Crippen LogP contribution in [0.5, 0.6) is 0 Å². The molecule has 0 saturated carbocycles. The normalized spacial score (nSPS) is 13.2. The number of H-pyrrole nitrogens is 1. The Morgan fingerprint density at radius 3 is 2.23 bits per heavy atom. The van der Waals surface area contributed by atoms with Crippen LogP contribution in [0, 0.1) is 0 Å². The summed E-state index contributed by atoms with van der Waals surface area (Å²) in [5.41, 5.74) is 9.31. The number of carbonyl (C=O) groups excluding carboxylic acids is 2. The van der Waals surface area contributed by atoms with Crippen molar-refractivity contribution >= 4 is 22.7 Å². The molecule has 7 nitrogen and oxygen atoms in total. The number of hydrogen-bond donors (Lipinski definition) is 2. The highest BCUT2D eigenvalue weighted by Crippen LogP contribution is 2.20. The summed E-state index contributed by atoms with van der Waals surface area (Å²) in [6, 6.07) is 16.2. The number of benzene rings is 2. The zero-order valence-corrected chi connectivity index (χ0v) is 18.6. The maximum atomic E-state index is 13.2. The Morgan fingerprint density at radius 1 is 0.903 bits per heavy atom. The van der Waals surface area contributed by atoms with Crippen LogP contribution in [0.15, 0.2) is 60.8 Å². The van der Waals surface area contributed by atoms with Gasteiger partial charge in [-0.15, -0.1) is 0 Å². The smallest absolute Gasteiger partial charge is 0.259 e. The van der Waals surface area contributed by atoms with Gasteiger partial charge in [0, 0.05) is 51.7 Å². The number of aromatic amines is 1. The van der Waals surface area contributed by atoms with Crippen molar-refractivity contribution in [2.24, 2.45) is 5.73 Å². The summed E-state index contributed by atoms with van der Waals surface area (Å²) in [6.45, 7) is 0. The highest BCUT2D eigenvalue weighted by Gasteiger charge is 2.32. The van der Waals surface area contributed by atoms with Gasteiger partial charge < -0.3 is 15.6 Å². The molecule has 0 spiro atoms. The molecule has 0 saturated heterocycles. The van der Waals surface area contributed by atoms with Crippen LogP contribution in [0.4, 0.5) is 0 Å². The van der Waals surface area contributed by atoms with Crippen LogP contribution in [0.1, 0.15) is 11.1 Å². The zero-order valence-electron chi connectivity index (χ0n) is 18.6. The Labute approximate surface area is 183 Å². The molecule has 0 fully saturated rings. The number of carbonyl (C=O) groups is 2. The molecule has 0 radical (unpaired) electrons. The van der Waals surface area contributed by atoms with Gasteiger partial charge in [-0.05, 0) is 23.6 Å². The second-order valence-electron chi connectivity index (χ2n) is 8.03. The van der Waals surface area contributed by atoms with Crippen molar-refractivity contribution in [3.8, 4) is 0 Å². The van der Waals surface area contributed by atoms with Gasteiger partial charge in [-0.1, -0.05) is 48.5 Å². The second-order valence-corrected chi connectivity index (χ2v) is 8.03. The summed E-state index contributed by atoms with van der Waals surface area (Å²) in [6.07, 6.45) is 2.70. The zero-order chi connectivity index (χ0) is 22.5. The third-order valence-electron chi connectivity index (χ3n) is 5.72. The standard InChI is InChI=1S/C24H31N5O2/c1-27(2)29(4)24(31)22(14-17-10-6-5-7-11-17)28(3)23(30)20(25)15-18-16-26-21-13-9-8-12-19(18)21/h5-13,16,20,22,26H,14-15,25H2,1-4H3. The van der Waals surface area contributed by atoms with E-state index in [0.717, 1.165) is 22.0 Å². The molecule has 3 N–H and O–H groups in total. The molecule has 0 aliphatic heterocycles. The van der Waals surface area contributed by atoms with Gasteiger partial charge in [0.05, 0.1) is 6.04 Å². The van der Waals surface area contributed by atoms with Crippen LogP contribution >= 0.6 is 0 Å². The van der Waals surface area contributed by atoms with E-state index in [1.165, 1.54) is 9.91 Å². The number of nitrogens with zero attached hydrogens (tertiary/aromatic N) is 3. The maximum absolute atomic E-state index is 13.2. The Balaban J connectivity index is 1.80. The van der Waals surface area contributed by atoms with E-state index in [0.29, 0.717) is 12.8 Å². The molecule has 0 bridgehead atoms. The molecule has 164 valence electrons. The fraction of sp³-hybridized carbons (Fsp3) is 0.333. The summed E-state index contributed by atoms with van der Waals surface area (Å²) in [4.78, 5) is 31.1. The Morgan fingerprint density at radius 2 is 1.55 bits per heavy atom. The van der Waals surface area contributed by atoms with E-state index < -0.39 is 12.1 Å². The van der Waals surface area contributed by atoms with Crippen molar-refractivity contribution in [3.05, 3.63) is 71.9 Å². The summed E-state index contributed by atoms with van der Waals surface area (Å²) in [5.74, 6) is -0.421. The maximum Gasteiger partial charge on any atom is 0.259 e. The largest absolute Gasteiger partial charge is 0.361 e. The Kier molecular flexibility index (Phi) is 7.09. The van der Waals surface area contributed by atoms with Crippen molar-refractivity contribution in [3.63, 3.8) is 0 Å². The number of para-hydroxylation sites is 1. The Hall–Kier alpha value is -3.16. The number of rotatable bonds is 8. The number of likely N-dealkylation sites (N-methyl/N-ethyl adjacent to an activating group) is 2. The third-order valence-corrected chi connectivity index (χ3v) is 5.72. The molecule has 2 amide bonds. The molecule has 0 aliphatic rings. The molecule has 3 aromatic rings. The molecule has 1 aromatic heterocycles. The van der Waals surface area contributed by atoms with Crippen LogP contribution in [-0.4, -0.2) is 72.0 Å². The van der Waals surface area contributed by atoms with E-state index in [1.54, 1.807) is 33.2 Å². The van der Waals surface area contributed by atoms with Crippen molar-refractivity contribution in [1.82, 2.24) is 19.9 Å². The number of nitrogens with one attached hydrogen (secondary N) is 1. The van der Waals surface area contributed by atoms with E-state index in [2.05, 4.69) is 4.98 Å². The van der Waals surface area contributed by atoms with E-state index in [-0.39, 0.29) is 11.8 Å². The van der Waals surface area contributed by atoms with Gasteiger partial charge >= 0.3 is 0 Å². The lowest BCUT2D eigenvalue weighted by atomic mass is 10.0. The van der Waals surface area contributed by atoms with Crippen LogP contribution in [0.25, 0.3) is 10.9 Å². The minimum Gasteiger partial charge on any atom is -0.361 e. The fourth-order valence-electron chi connectivity index (χ4n) is 3.68. The lowest BCUT2D eigenvalue weighted by Crippen LogP contribution is -2.55. The molecule has 2 unspecified atom stereocenters. The number of fused-ring (bicyclic) bond motifs is 1. The average Bonchev–Trinajstić information content (AvgIpc) is 3.18. The lowest BCUT2D eigenvalue weighted by molar-refractivity contribution is -0.152. The topological polar surface area (TPSA) is 85.7 Å². The van der Waals surface area contributed by atoms with E-state index >= 15 is 0 Å². The molecule has 2 aromatic carbocycles. The average molecular weight is 422 g/mol. The molecule has 2 atom stereocenters. The van der Waals surface area contributed by atoms with E-state index in [9.17, 15) is 9.59 Å². The number of hydrazine groups is 1. The van der Waals surface area contributed by atoms with Gasteiger partial charge in [0.1, 0.15) is 6.04 Å². The third kappa shape index (κ3) is 5.13. The molecule has 31 heavy (non-hydrogen) atoms. The monoisotopic (exact) mass is 421 g/mol. The first-order chi connectivity index (χ1) is 14.8. The lowest BCUT2D eigenvalue weighted by Gasteiger charge is -2.34. The predicted octanol–water partition coefficient (Wildman–Crippen LogP) is 2.04. The molecular weight excluding hydrogens is 390 g/mol. The van der Waals surface area contributed by atoms with Gasteiger partial charge in [-0.2, -0.15) is 0 Å². The number of aromatic nitrogens is 1. The molecule has 0 aliphatic carbocycles. The molecular formula is C24H31N5O2. The van der Waals surface area contributed by atoms with Gasteiger partial charge in [0.2, 0.25) is 5.91 Å². The van der Waals surface area contributed by atoms with Crippen molar-refractivity contribution in [2.75, 3.05) is 28.2 Å². The first-order valence-electron chi connectivity index (χ1n) is 10.4. The first kappa shape index (κ1) is 22.5. The minimum atomic E-state index is -0.750. The summed E-state index contributed by atoms with van der Waals surface area (Å²) in [7, 11) is 6.95. The van der Waals surface area contributed by atoms with Crippen LogP contribution < -0.4 is 5.73 Å². The number of hydrogen-bond acceptors (Lipinski definition) is 4. The van der Waals surface area contributed by atoms with Crippen molar-refractivity contribution in [1.29, 1.82) is 0 Å². The van der Waals surface area contributed by atoms with Crippen LogP contribution in [0.3, 0.4) is 0 Å². The quantitative estimate of drug-likeness (QED) is 0.545. The summed E-state index contributed by atoms with van der Waals surface area (Å²) in [5, 5.41) is 4.27. The van der Waals surface area contributed by atoms with Gasteiger partial charge in [-0.3, -0.25) is 14.6 Å². The summed E-state index contributed by atoms with van der Waals surface area (Å²) < 4.78 is 0. The van der Waals surface area contributed by atoms with E-state index in [4.69, 9.17) is 5.73 Å². The summed E-state index contributed by atoms with van der Waals surface area (Å²) >= 11 is 0. The number of amides is 2. The van der Waals surface area contributed by atoms with Gasteiger partial charge in [0.25, 0.3) is 5.91 Å². The van der Waals surface area contributed by atoms with Crippen molar-refractivity contribution < 1.29 is 9.59 Å². The first-order valence-corrected chi connectivity index (χ1v) is 10.4. The van der Waals surface area contributed by atoms with E-state index in [1.807, 2.05) is 60.8 Å². The second kappa shape index (κ2) is 9.76. The highest BCUT2D eigenvalue weighted by atomic mass is 16.2. The highest BCUT2D eigenvalue weighted by molar-refractivity contribution is 5.90. The molecule has 3 rings (SSSR count). The number of nitrogens with two attached hydrogens (primary N) is 1. The molecule has 7 heteroatoms. The Bertz CT molecular complexity index is 1030. The van der Waals surface area contributed by atoms with Crippen LogP contribution in [0.2, 0.25) is 0 Å².